The maximum absolute atomic E-state index is 13.0. The van der Waals surface area contributed by atoms with Crippen LogP contribution in [0.15, 0.2) is 59.9 Å². The van der Waals surface area contributed by atoms with Gasteiger partial charge in [0.15, 0.2) is 0 Å². The van der Waals surface area contributed by atoms with Gasteiger partial charge >= 0.3 is 0 Å². The lowest BCUT2D eigenvalue weighted by atomic mass is 9.95. The Bertz CT molecular complexity index is 1500. The molecule has 0 spiro atoms. The van der Waals surface area contributed by atoms with Crippen LogP contribution < -0.4 is 10.1 Å². The molecule has 0 saturated heterocycles. The third-order valence-corrected chi connectivity index (χ3v) is 6.01. The molecule has 1 aliphatic rings. The first-order valence-corrected chi connectivity index (χ1v) is 10.9. The second-order valence-corrected chi connectivity index (χ2v) is 7.91. The van der Waals surface area contributed by atoms with Crippen LogP contribution in [0.4, 0.5) is 0 Å². The van der Waals surface area contributed by atoms with E-state index in [1.54, 1.807) is 13.3 Å². The Labute approximate surface area is 194 Å². The van der Waals surface area contributed by atoms with E-state index in [1.807, 2.05) is 48.7 Å². The number of carbonyl (C=O) groups excluding carboxylic acids is 2. The lowest BCUT2D eigenvalue weighted by Gasteiger charge is -2.05. The van der Waals surface area contributed by atoms with Gasteiger partial charge in [0.25, 0.3) is 11.8 Å². The van der Waals surface area contributed by atoms with Crippen LogP contribution >= 0.6 is 12.2 Å². The number of fused-ring (bicyclic) bond motifs is 2. The number of H-pyrrole nitrogens is 1. The fourth-order valence-electron chi connectivity index (χ4n) is 4.40. The molecule has 0 unspecified atom stereocenters. The predicted octanol–water partition coefficient (Wildman–Crippen LogP) is 4.19. The number of ether oxygens (including phenoxy) is 1. The summed E-state index contributed by atoms with van der Waals surface area (Å²) in [6.45, 7) is 1.22. The second-order valence-electron chi connectivity index (χ2n) is 7.73. The molecule has 2 aromatic carbocycles. The maximum atomic E-state index is 13.0. The molecule has 0 atom stereocenters. The van der Waals surface area contributed by atoms with Crippen molar-refractivity contribution in [1.29, 1.82) is 0 Å². The minimum absolute atomic E-state index is 0.371. The number of nitrogens with zero attached hydrogens (tertiary/aromatic N) is 2. The summed E-state index contributed by atoms with van der Waals surface area (Å²) in [5.41, 5.74) is 3.96. The monoisotopic (exact) mass is 456 g/mol. The van der Waals surface area contributed by atoms with Crippen LogP contribution in [0.3, 0.4) is 0 Å². The smallest absolute Gasteiger partial charge is 0.259 e. The maximum Gasteiger partial charge on any atom is 0.259 e. The number of benzene rings is 2. The van der Waals surface area contributed by atoms with Crippen molar-refractivity contribution in [3.63, 3.8) is 0 Å². The van der Waals surface area contributed by atoms with E-state index in [0.29, 0.717) is 41.1 Å². The SMILES string of the molecule is COc1ccc2c(C3=C(c4c[nH]c5ccccc45)C(=O)NC3=O)cn(CCCN=C=S)c2c1. The molecular weight excluding hydrogens is 436 g/mol. The van der Waals surface area contributed by atoms with Crippen LogP contribution in [0.1, 0.15) is 17.5 Å². The molecule has 0 radical (unpaired) electrons. The van der Waals surface area contributed by atoms with Crippen LogP contribution in [0, 0.1) is 0 Å². The molecule has 8 heteroatoms. The highest BCUT2D eigenvalue weighted by atomic mass is 32.1. The van der Waals surface area contributed by atoms with Crippen LogP contribution in [-0.2, 0) is 16.1 Å². The number of carbonyl (C=O) groups is 2. The fraction of sp³-hybridized carbons (Fsp3) is 0.160. The van der Waals surface area contributed by atoms with Crippen LogP contribution in [0.5, 0.6) is 5.75 Å². The van der Waals surface area contributed by atoms with E-state index < -0.39 is 11.8 Å². The van der Waals surface area contributed by atoms with Gasteiger partial charge in [-0.3, -0.25) is 14.9 Å². The summed E-state index contributed by atoms with van der Waals surface area (Å²) in [7, 11) is 1.62. The van der Waals surface area contributed by atoms with Gasteiger partial charge in [-0.2, -0.15) is 0 Å². The van der Waals surface area contributed by atoms with Crippen molar-refractivity contribution in [1.82, 2.24) is 14.9 Å². The Morgan fingerprint density at radius 2 is 1.85 bits per heavy atom. The minimum Gasteiger partial charge on any atom is -0.497 e. The number of aryl methyl sites for hydroxylation is 1. The van der Waals surface area contributed by atoms with Crippen molar-refractivity contribution in [2.75, 3.05) is 13.7 Å². The number of aromatic amines is 1. The van der Waals surface area contributed by atoms with Gasteiger partial charge in [0.05, 0.1) is 35.5 Å². The summed E-state index contributed by atoms with van der Waals surface area (Å²) in [5.74, 6) is -0.0898. The minimum atomic E-state index is -0.402. The van der Waals surface area contributed by atoms with E-state index in [-0.39, 0.29) is 0 Å². The standard InChI is InChI=1S/C25H20N4O3S/c1-32-15-7-8-17-19(13-29(21(17)11-15)10-4-9-26-14-33)23-22(24(30)28-25(23)31)18-12-27-20-6-3-2-5-16(18)20/h2-3,5-8,11-13,27H,4,9-10H2,1H3,(H,28,30,31). The Balaban J connectivity index is 1.73. The molecule has 2 amide bonds. The summed E-state index contributed by atoms with van der Waals surface area (Å²) in [5, 5.41) is 6.63. The van der Waals surface area contributed by atoms with Crippen molar-refractivity contribution < 1.29 is 14.3 Å². The number of amides is 2. The van der Waals surface area contributed by atoms with Gasteiger partial charge in [0, 0.05) is 52.4 Å². The van der Waals surface area contributed by atoms with Crippen LogP contribution in [0.25, 0.3) is 33.0 Å². The molecule has 164 valence electrons. The molecule has 2 aromatic heterocycles. The lowest BCUT2D eigenvalue weighted by molar-refractivity contribution is -0.122. The van der Waals surface area contributed by atoms with Crippen molar-refractivity contribution in [2.24, 2.45) is 4.99 Å². The van der Waals surface area contributed by atoms with Crippen molar-refractivity contribution in [2.45, 2.75) is 13.0 Å². The van der Waals surface area contributed by atoms with E-state index >= 15 is 0 Å². The van der Waals surface area contributed by atoms with E-state index in [4.69, 9.17) is 4.74 Å². The molecule has 7 nitrogen and oxygen atoms in total. The third kappa shape index (κ3) is 3.55. The number of imide groups is 1. The Morgan fingerprint density at radius 1 is 1.06 bits per heavy atom. The summed E-state index contributed by atoms with van der Waals surface area (Å²) in [6.07, 6.45) is 4.46. The highest BCUT2D eigenvalue weighted by molar-refractivity contribution is 7.78. The topological polar surface area (TPSA) is 88.5 Å². The molecular formula is C25H20N4O3S. The normalized spacial score (nSPS) is 13.6. The summed E-state index contributed by atoms with van der Waals surface area (Å²) >= 11 is 4.65. The molecule has 3 heterocycles. The third-order valence-electron chi connectivity index (χ3n) is 5.88. The number of isothiocyanates is 1. The zero-order valence-electron chi connectivity index (χ0n) is 17.8. The van der Waals surface area contributed by atoms with Gasteiger partial charge in [-0.05, 0) is 36.8 Å². The van der Waals surface area contributed by atoms with Gasteiger partial charge in [0.1, 0.15) is 5.75 Å². The lowest BCUT2D eigenvalue weighted by Crippen LogP contribution is -2.22. The zero-order chi connectivity index (χ0) is 22.9. The molecule has 4 aromatic rings. The Kier molecular flexibility index (Phi) is 5.38. The van der Waals surface area contributed by atoms with Crippen molar-refractivity contribution in [3.8, 4) is 5.75 Å². The first-order valence-electron chi connectivity index (χ1n) is 10.5. The number of para-hydroxylation sites is 1. The molecule has 0 aliphatic carbocycles. The number of methoxy groups -OCH3 is 1. The van der Waals surface area contributed by atoms with Gasteiger partial charge in [-0.1, -0.05) is 18.2 Å². The highest BCUT2D eigenvalue weighted by Crippen LogP contribution is 2.39. The summed E-state index contributed by atoms with van der Waals surface area (Å²) in [6, 6.07) is 13.4. The average Bonchev–Trinajstić information content (AvgIpc) is 3.49. The first-order chi connectivity index (χ1) is 16.1. The fourth-order valence-corrected chi connectivity index (χ4v) is 4.49. The van der Waals surface area contributed by atoms with Crippen molar-refractivity contribution in [3.05, 3.63) is 66.0 Å². The molecule has 0 bridgehead atoms. The molecule has 5 rings (SSSR count). The molecule has 1 aliphatic heterocycles. The first kappa shape index (κ1) is 20.9. The van der Waals surface area contributed by atoms with Gasteiger partial charge < -0.3 is 14.3 Å². The molecule has 0 fully saturated rings. The van der Waals surface area contributed by atoms with E-state index in [2.05, 4.69) is 37.2 Å². The number of aromatic nitrogens is 2. The van der Waals surface area contributed by atoms with E-state index in [1.165, 1.54) is 0 Å². The number of thiocarbonyl (C=S) groups is 1. The van der Waals surface area contributed by atoms with Crippen molar-refractivity contribution >= 4 is 62.1 Å². The van der Waals surface area contributed by atoms with Gasteiger partial charge in [0.2, 0.25) is 0 Å². The second kappa shape index (κ2) is 8.50. The largest absolute Gasteiger partial charge is 0.497 e. The van der Waals surface area contributed by atoms with E-state index in [9.17, 15) is 9.59 Å². The van der Waals surface area contributed by atoms with Gasteiger partial charge in [-0.25, -0.2) is 4.99 Å². The van der Waals surface area contributed by atoms with E-state index in [0.717, 1.165) is 28.2 Å². The molecule has 0 saturated carbocycles. The average molecular weight is 457 g/mol. The molecule has 2 N–H and O–H groups in total. The zero-order valence-corrected chi connectivity index (χ0v) is 18.7. The predicted molar refractivity (Wildman–Crippen MR) is 131 cm³/mol. The number of rotatable bonds is 7. The Morgan fingerprint density at radius 3 is 2.64 bits per heavy atom. The Hall–Kier alpha value is -4.00. The quantitative estimate of drug-likeness (QED) is 0.189. The molecule has 33 heavy (non-hydrogen) atoms. The summed E-state index contributed by atoms with van der Waals surface area (Å²) < 4.78 is 7.47. The number of hydrogen-bond donors (Lipinski definition) is 2. The highest BCUT2D eigenvalue weighted by Gasteiger charge is 2.35. The number of nitrogens with one attached hydrogen (secondary N) is 2. The number of hydrogen-bond acceptors (Lipinski definition) is 5. The van der Waals surface area contributed by atoms with Crippen LogP contribution in [0.2, 0.25) is 0 Å². The number of aliphatic imine (C=N–C) groups is 1. The van der Waals surface area contributed by atoms with Crippen LogP contribution in [-0.4, -0.2) is 40.2 Å². The summed E-state index contributed by atoms with van der Waals surface area (Å²) in [4.78, 5) is 33.2. The van der Waals surface area contributed by atoms with Gasteiger partial charge in [-0.15, -0.1) is 0 Å².